The predicted octanol–water partition coefficient (Wildman–Crippen LogP) is -0.386. The summed E-state index contributed by atoms with van der Waals surface area (Å²) in [5.41, 5.74) is 5.29. The van der Waals surface area contributed by atoms with Crippen LogP contribution in [0.4, 0.5) is 0 Å². The number of hydrogen-bond donors (Lipinski definition) is 3. The van der Waals surface area contributed by atoms with Gasteiger partial charge in [0.15, 0.2) is 0 Å². The fraction of sp³-hybridized carbons (Fsp3) is 0.875. The Bertz CT molecular complexity index is 118. The van der Waals surface area contributed by atoms with Crippen LogP contribution in [0.1, 0.15) is 25.7 Å². The number of amides is 1. The molecule has 0 unspecified atom stereocenters. The van der Waals surface area contributed by atoms with Crippen LogP contribution in [0.15, 0.2) is 0 Å². The van der Waals surface area contributed by atoms with Crippen molar-refractivity contribution >= 4 is 5.91 Å². The third-order valence-corrected chi connectivity index (χ3v) is 1.54. The van der Waals surface area contributed by atoms with Gasteiger partial charge in [0.05, 0.1) is 6.61 Å². The van der Waals surface area contributed by atoms with Crippen molar-refractivity contribution in [3.8, 4) is 0 Å². The molecule has 0 saturated carbocycles. The van der Waals surface area contributed by atoms with E-state index in [0.29, 0.717) is 19.5 Å². The minimum atomic E-state index is 0.00847. The highest BCUT2D eigenvalue weighted by atomic mass is 16.3. The van der Waals surface area contributed by atoms with Gasteiger partial charge < -0.3 is 16.2 Å². The zero-order valence-electron chi connectivity index (χ0n) is 7.38. The third kappa shape index (κ3) is 7.50. The minimum absolute atomic E-state index is 0.00847. The van der Waals surface area contributed by atoms with Crippen molar-refractivity contribution in [1.82, 2.24) is 5.32 Å². The van der Waals surface area contributed by atoms with Crippen LogP contribution in [0, 0.1) is 0 Å². The molecule has 0 atom stereocenters. The Morgan fingerprint density at radius 1 is 1.33 bits per heavy atom. The molecule has 0 aromatic carbocycles. The summed E-state index contributed by atoms with van der Waals surface area (Å²) in [6.07, 6.45) is 3.41. The molecular formula is C8H18N2O2. The molecule has 0 aromatic rings. The van der Waals surface area contributed by atoms with Gasteiger partial charge in [-0.05, 0) is 19.4 Å². The van der Waals surface area contributed by atoms with E-state index in [0.717, 1.165) is 19.3 Å². The van der Waals surface area contributed by atoms with Gasteiger partial charge in [-0.2, -0.15) is 0 Å². The van der Waals surface area contributed by atoms with Crippen molar-refractivity contribution in [3.63, 3.8) is 0 Å². The van der Waals surface area contributed by atoms with Crippen LogP contribution in [0.2, 0.25) is 0 Å². The van der Waals surface area contributed by atoms with Crippen molar-refractivity contribution in [1.29, 1.82) is 0 Å². The molecule has 0 rings (SSSR count). The van der Waals surface area contributed by atoms with E-state index in [-0.39, 0.29) is 12.5 Å². The second kappa shape index (κ2) is 8.49. The Morgan fingerprint density at radius 2 is 2.08 bits per heavy atom. The lowest BCUT2D eigenvalue weighted by Gasteiger charge is -2.01. The summed E-state index contributed by atoms with van der Waals surface area (Å²) in [5.74, 6) is 0.0149. The topological polar surface area (TPSA) is 75.4 Å². The van der Waals surface area contributed by atoms with Gasteiger partial charge in [0.25, 0.3) is 0 Å². The molecule has 0 fully saturated rings. The first-order valence-electron chi connectivity index (χ1n) is 4.39. The van der Waals surface area contributed by atoms with Gasteiger partial charge in [-0.3, -0.25) is 4.79 Å². The Balaban J connectivity index is 3.08. The number of nitrogens with one attached hydrogen (secondary N) is 1. The number of rotatable bonds is 7. The molecule has 4 heteroatoms. The number of nitrogens with two attached hydrogens (primary N) is 1. The lowest BCUT2D eigenvalue weighted by Crippen LogP contribution is -2.25. The van der Waals surface area contributed by atoms with Gasteiger partial charge in [-0.1, -0.05) is 6.42 Å². The first kappa shape index (κ1) is 11.4. The molecule has 0 radical (unpaired) electrons. The molecule has 0 spiro atoms. The van der Waals surface area contributed by atoms with Gasteiger partial charge >= 0.3 is 0 Å². The second-order valence-corrected chi connectivity index (χ2v) is 2.67. The summed E-state index contributed by atoms with van der Waals surface area (Å²) in [6, 6.07) is 0. The molecule has 0 aromatic heterocycles. The van der Waals surface area contributed by atoms with Crippen LogP contribution in [0.3, 0.4) is 0 Å². The maximum Gasteiger partial charge on any atom is 0.220 e. The highest BCUT2D eigenvalue weighted by Gasteiger charge is 1.98. The standard InChI is InChI=1S/C8H18N2O2/c9-5-3-1-2-4-8(12)10-6-7-11/h11H,1-7,9H2,(H,10,12). The molecule has 12 heavy (non-hydrogen) atoms. The van der Waals surface area contributed by atoms with Crippen LogP contribution in [-0.2, 0) is 4.79 Å². The number of aliphatic hydroxyl groups is 1. The molecule has 0 bridgehead atoms. The molecule has 72 valence electrons. The van der Waals surface area contributed by atoms with Crippen molar-refractivity contribution in [2.75, 3.05) is 19.7 Å². The fourth-order valence-corrected chi connectivity index (χ4v) is 0.890. The number of carbonyl (C=O) groups is 1. The molecule has 0 aliphatic rings. The second-order valence-electron chi connectivity index (χ2n) is 2.67. The minimum Gasteiger partial charge on any atom is -0.395 e. The summed E-state index contributed by atoms with van der Waals surface area (Å²) in [7, 11) is 0. The van der Waals surface area contributed by atoms with E-state index < -0.39 is 0 Å². The molecule has 1 amide bonds. The Labute approximate surface area is 73.1 Å². The van der Waals surface area contributed by atoms with E-state index in [9.17, 15) is 4.79 Å². The first-order valence-corrected chi connectivity index (χ1v) is 4.39. The molecule has 0 heterocycles. The molecule has 0 aliphatic heterocycles. The van der Waals surface area contributed by atoms with Crippen LogP contribution in [-0.4, -0.2) is 30.7 Å². The van der Waals surface area contributed by atoms with Gasteiger partial charge in [-0.15, -0.1) is 0 Å². The first-order chi connectivity index (χ1) is 5.81. The Kier molecular flexibility index (Phi) is 8.05. The highest BCUT2D eigenvalue weighted by molar-refractivity contribution is 5.75. The molecular weight excluding hydrogens is 156 g/mol. The fourth-order valence-electron chi connectivity index (χ4n) is 0.890. The van der Waals surface area contributed by atoms with Crippen molar-refractivity contribution in [3.05, 3.63) is 0 Å². The van der Waals surface area contributed by atoms with Gasteiger partial charge in [0, 0.05) is 13.0 Å². The highest BCUT2D eigenvalue weighted by Crippen LogP contribution is 1.97. The smallest absolute Gasteiger partial charge is 0.220 e. The van der Waals surface area contributed by atoms with Crippen molar-refractivity contribution in [2.45, 2.75) is 25.7 Å². The van der Waals surface area contributed by atoms with Crippen LogP contribution >= 0.6 is 0 Å². The average Bonchev–Trinajstić information content (AvgIpc) is 2.09. The van der Waals surface area contributed by atoms with E-state index >= 15 is 0 Å². The zero-order valence-corrected chi connectivity index (χ0v) is 7.38. The van der Waals surface area contributed by atoms with E-state index in [2.05, 4.69) is 5.32 Å². The lowest BCUT2D eigenvalue weighted by molar-refractivity contribution is -0.121. The van der Waals surface area contributed by atoms with Crippen molar-refractivity contribution < 1.29 is 9.90 Å². The molecule has 4 N–H and O–H groups in total. The Hall–Kier alpha value is -0.610. The number of unbranched alkanes of at least 4 members (excludes halogenated alkanes) is 2. The normalized spacial score (nSPS) is 9.83. The molecule has 4 nitrogen and oxygen atoms in total. The van der Waals surface area contributed by atoms with E-state index in [4.69, 9.17) is 10.8 Å². The van der Waals surface area contributed by atoms with Gasteiger partial charge in [-0.25, -0.2) is 0 Å². The summed E-state index contributed by atoms with van der Waals surface area (Å²) >= 11 is 0. The van der Waals surface area contributed by atoms with Gasteiger partial charge in [0.2, 0.25) is 5.91 Å². The van der Waals surface area contributed by atoms with E-state index in [1.807, 2.05) is 0 Å². The number of aliphatic hydroxyl groups excluding tert-OH is 1. The SMILES string of the molecule is NCCCCCC(=O)NCCO. The molecule has 0 saturated heterocycles. The predicted molar refractivity (Wildman–Crippen MR) is 47.6 cm³/mol. The van der Waals surface area contributed by atoms with Crippen LogP contribution in [0.5, 0.6) is 0 Å². The number of hydrogen-bond acceptors (Lipinski definition) is 3. The quantitative estimate of drug-likeness (QED) is 0.460. The van der Waals surface area contributed by atoms with E-state index in [1.54, 1.807) is 0 Å². The largest absolute Gasteiger partial charge is 0.395 e. The maximum absolute atomic E-state index is 10.9. The zero-order chi connectivity index (χ0) is 9.23. The summed E-state index contributed by atoms with van der Waals surface area (Å²) in [5, 5.41) is 11.0. The maximum atomic E-state index is 10.9. The summed E-state index contributed by atoms with van der Waals surface area (Å²) < 4.78 is 0. The average molecular weight is 174 g/mol. The van der Waals surface area contributed by atoms with Crippen LogP contribution in [0.25, 0.3) is 0 Å². The number of carbonyl (C=O) groups excluding carboxylic acids is 1. The van der Waals surface area contributed by atoms with Crippen LogP contribution < -0.4 is 11.1 Å². The summed E-state index contributed by atoms with van der Waals surface area (Å²) in [6.45, 7) is 1.06. The van der Waals surface area contributed by atoms with Crippen molar-refractivity contribution in [2.24, 2.45) is 5.73 Å². The Morgan fingerprint density at radius 3 is 2.67 bits per heavy atom. The van der Waals surface area contributed by atoms with E-state index in [1.165, 1.54) is 0 Å². The third-order valence-electron chi connectivity index (χ3n) is 1.54. The summed E-state index contributed by atoms with van der Waals surface area (Å²) in [4.78, 5) is 10.9. The molecule has 0 aliphatic carbocycles. The lowest BCUT2D eigenvalue weighted by atomic mass is 10.2. The monoisotopic (exact) mass is 174 g/mol. The van der Waals surface area contributed by atoms with Gasteiger partial charge in [0.1, 0.15) is 0 Å².